The Morgan fingerprint density at radius 1 is 1.35 bits per heavy atom. The van der Waals surface area contributed by atoms with Crippen LogP contribution in [0.2, 0.25) is 0 Å². The van der Waals surface area contributed by atoms with Gasteiger partial charge in [-0.15, -0.1) is 6.58 Å². The van der Waals surface area contributed by atoms with Crippen LogP contribution in [-0.2, 0) is 0 Å². The van der Waals surface area contributed by atoms with Crippen LogP contribution in [0.25, 0.3) is 0 Å². The van der Waals surface area contributed by atoms with Gasteiger partial charge in [0.05, 0.1) is 18.9 Å². The molecule has 0 aliphatic heterocycles. The van der Waals surface area contributed by atoms with Crippen LogP contribution >= 0.6 is 0 Å². The van der Waals surface area contributed by atoms with Crippen molar-refractivity contribution in [2.75, 3.05) is 6.54 Å². The average molecular weight is 233 g/mol. The number of ether oxygens (including phenoxy) is 1. The number of hydrogen-bond acceptors (Lipinski definition) is 4. The van der Waals surface area contributed by atoms with Crippen molar-refractivity contribution in [2.24, 2.45) is 4.99 Å². The molecule has 0 spiro atoms. The molecular weight excluding hydrogens is 214 g/mol. The second kappa shape index (κ2) is 9.27. The third-order valence-electron chi connectivity index (χ3n) is 1.53. The first-order valence-electron chi connectivity index (χ1n) is 5.50. The molecule has 0 radical (unpaired) electrons. The van der Waals surface area contributed by atoms with Gasteiger partial charge in [-0.05, 0) is 13.0 Å². The molecule has 0 bridgehead atoms. The Morgan fingerprint density at radius 3 is 2.41 bits per heavy atom. The minimum atomic E-state index is 0.433. The topological polar surface area (TPSA) is 47.4 Å². The van der Waals surface area contributed by atoms with E-state index in [0.717, 1.165) is 0 Å². The van der Waals surface area contributed by atoms with Gasteiger partial charge in [0.15, 0.2) is 5.75 Å². The van der Waals surface area contributed by atoms with E-state index >= 15 is 0 Å². The first-order chi connectivity index (χ1) is 8.26. The smallest absolute Gasteiger partial charge is 0.214 e. The molecule has 1 heterocycles. The normalized spacial score (nSPS) is 9.94. The maximum absolute atomic E-state index is 5.38. The van der Waals surface area contributed by atoms with Crippen molar-refractivity contribution in [3.63, 3.8) is 0 Å². The predicted molar refractivity (Wildman–Crippen MR) is 71.4 cm³/mol. The summed E-state index contributed by atoms with van der Waals surface area (Å²) >= 11 is 0. The standard InChI is InChI=1S/C11H13N3O.C2H6/c1-4-6-12-11(5-2)15-10-7-13-9(3)14-8-10;1-2/h4-5,7-8H,1-2,6H2,3H3;1-2H3. The lowest BCUT2D eigenvalue weighted by Gasteiger charge is -2.03. The van der Waals surface area contributed by atoms with Gasteiger partial charge >= 0.3 is 0 Å². The summed E-state index contributed by atoms with van der Waals surface area (Å²) in [5.74, 6) is 1.68. The number of aryl methyl sites for hydroxylation is 1. The summed E-state index contributed by atoms with van der Waals surface area (Å²) in [5, 5.41) is 0. The lowest BCUT2D eigenvalue weighted by atomic mass is 10.5. The summed E-state index contributed by atoms with van der Waals surface area (Å²) in [6, 6.07) is 0. The Bertz CT molecular complexity index is 369. The van der Waals surface area contributed by atoms with Crippen molar-refractivity contribution in [1.82, 2.24) is 9.97 Å². The van der Waals surface area contributed by atoms with Crippen molar-refractivity contribution in [1.29, 1.82) is 0 Å². The molecule has 0 fully saturated rings. The minimum absolute atomic E-state index is 0.433. The second-order valence-corrected chi connectivity index (χ2v) is 2.74. The predicted octanol–water partition coefficient (Wildman–Crippen LogP) is 2.96. The molecule has 0 aliphatic rings. The van der Waals surface area contributed by atoms with Gasteiger partial charge in [0.1, 0.15) is 5.82 Å². The second-order valence-electron chi connectivity index (χ2n) is 2.74. The number of nitrogens with zero attached hydrogens (tertiary/aromatic N) is 3. The van der Waals surface area contributed by atoms with Crippen molar-refractivity contribution < 1.29 is 4.74 Å². The summed E-state index contributed by atoms with van der Waals surface area (Å²) in [7, 11) is 0. The molecule has 0 N–H and O–H groups in total. The highest BCUT2D eigenvalue weighted by molar-refractivity contribution is 5.88. The van der Waals surface area contributed by atoms with Crippen molar-refractivity contribution >= 4 is 5.90 Å². The molecule has 1 aromatic rings. The Hall–Kier alpha value is -1.97. The molecule has 17 heavy (non-hydrogen) atoms. The minimum Gasteiger partial charge on any atom is -0.436 e. The molecule has 1 aromatic heterocycles. The Balaban J connectivity index is 0.00000121. The lowest BCUT2D eigenvalue weighted by molar-refractivity contribution is 0.545. The van der Waals surface area contributed by atoms with E-state index in [1.165, 1.54) is 6.08 Å². The van der Waals surface area contributed by atoms with Crippen LogP contribution in [0.4, 0.5) is 0 Å². The van der Waals surface area contributed by atoms with E-state index < -0.39 is 0 Å². The first-order valence-corrected chi connectivity index (χ1v) is 5.50. The zero-order chi connectivity index (χ0) is 13.1. The number of aliphatic imine (C=N–C) groups is 1. The summed E-state index contributed by atoms with van der Waals surface area (Å²) in [6.45, 7) is 13.5. The molecular formula is C13H19N3O. The van der Waals surface area contributed by atoms with Gasteiger partial charge in [0.25, 0.3) is 0 Å². The van der Waals surface area contributed by atoms with E-state index in [9.17, 15) is 0 Å². The van der Waals surface area contributed by atoms with Crippen LogP contribution in [0, 0.1) is 6.92 Å². The quantitative estimate of drug-likeness (QED) is 0.456. The third-order valence-corrected chi connectivity index (χ3v) is 1.53. The Morgan fingerprint density at radius 2 is 1.94 bits per heavy atom. The Labute approximate surface area is 103 Å². The molecule has 1 rings (SSSR count). The SMILES string of the molecule is C=CCN=C(C=C)Oc1cnc(C)nc1.CC. The van der Waals surface area contributed by atoms with Gasteiger partial charge in [0, 0.05) is 0 Å². The fraction of sp³-hybridized carbons (Fsp3) is 0.308. The average Bonchev–Trinajstić information content (AvgIpc) is 2.39. The third kappa shape index (κ3) is 6.25. The van der Waals surface area contributed by atoms with E-state index in [1.54, 1.807) is 18.5 Å². The molecule has 0 saturated heterocycles. The molecule has 92 valence electrons. The molecule has 4 heteroatoms. The van der Waals surface area contributed by atoms with Crippen LogP contribution in [0.5, 0.6) is 5.75 Å². The van der Waals surface area contributed by atoms with Crippen molar-refractivity contribution in [3.8, 4) is 5.75 Å². The van der Waals surface area contributed by atoms with Gasteiger partial charge in [-0.3, -0.25) is 0 Å². The lowest BCUT2D eigenvalue weighted by Crippen LogP contribution is -2.06. The summed E-state index contributed by atoms with van der Waals surface area (Å²) in [6.07, 6.45) is 6.40. The van der Waals surface area contributed by atoms with Gasteiger partial charge in [-0.25, -0.2) is 15.0 Å². The van der Waals surface area contributed by atoms with Gasteiger partial charge in [0.2, 0.25) is 5.90 Å². The molecule has 0 aliphatic carbocycles. The zero-order valence-corrected chi connectivity index (χ0v) is 10.7. The highest BCUT2D eigenvalue weighted by atomic mass is 16.5. The largest absolute Gasteiger partial charge is 0.436 e. The maximum atomic E-state index is 5.38. The fourth-order valence-corrected chi connectivity index (χ4v) is 0.847. The monoisotopic (exact) mass is 233 g/mol. The molecule has 0 aromatic carbocycles. The van der Waals surface area contributed by atoms with E-state index in [-0.39, 0.29) is 0 Å². The van der Waals surface area contributed by atoms with Crippen molar-refractivity contribution in [3.05, 3.63) is 43.5 Å². The highest BCUT2D eigenvalue weighted by Gasteiger charge is 1.98. The number of rotatable bonds is 4. The number of hydrogen-bond donors (Lipinski definition) is 0. The van der Waals surface area contributed by atoms with Crippen molar-refractivity contribution in [2.45, 2.75) is 20.8 Å². The number of aromatic nitrogens is 2. The Kier molecular flexibility index (Phi) is 8.20. The summed E-state index contributed by atoms with van der Waals surface area (Å²) < 4.78 is 5.38. The van der Waals surface area contributed by atoms with E-state index in [0.29, 0.717) is 24.0 Å². The molecule has 0 atom stereocenters. The van der Waals surface area contributed by atoms with E-state index in [1.807, 2.05) is 20.8 Å². The zero-order valence-electron chi connectivity index (χ0n) is 10.7. The van der Waals surface area contributed by atoms with Crippen LogP contribution in [-0.4, -0.2) is 22.4 Å². The molecule has 0 unspecified atom stereocenters. The van der Waals surface area contributed by atoms with Gasteiger partial charge in [-0.1, -0.05) is 26.5 Å². The molecule has 4 nitrogen and oxygen atoms in total. The fourth-order valence-electron chi connectivity index (χ4n) is 0.847. The van der Waals surface area contributed by atoms with Crippen LogP contribution < -0.4 is 4.74 Å². The van der Waals surface area contributed by atoms with Crippen LogP contribution in [0.1, 0.15) is 19.7 Å². The van der Waals surface area contributed by atoms with Crippen LogP contribution in [0.15, 0.2) is 42.7 Å². The van der Waals surface area contributed by atoms with Crippen LogP contribution in [0.3, 0.4) is 0 Å². The van der Waals surface area contributed by atoms with Gasteiger partial charge in [-0.2, -0.15) is 0 Å². The van der Waals surface area contributed by atoms with E-state index in [2.05, 4.69) is 28.1 Å². The summed E-state index contributed by atoms with van der Waals surface area (Å²) in [5.41, 5.74) is 0. The van der Waals surface area contributed by atoms with E-state index in [4.69, 9.17) is 4.74 Å². The molecule has 0 amide bonds. The first kappa shape index (κ1) is 15.0. The molecule has 0 saturated carbocycles. The van der Waals surface area contributed by atoms with Gasteiger partial charge < -0.3 is 4.74 Å². The maximum Gasteiger partial charge on any atom is 0.214 e. The summed E-state index contributed by atoms with van der Waals surface area (Å²) in [4.78, 5) is 12.1. The highest BCUT2D eigenvalue weighted by Crippen LogP contribution is 2.06.